The van der Waals surface area contributed by atoms with E-state index in [1.807, 2.05) is 4.57 Å². The van der Waals surface area contributed by atoms with Crippen LogP contribution >= 0.6 is 15.9 Å². The lowest BCUT2D eigenvalue weighted by atomic mass is 10.1. The minimum atomic E-state index is -0.283. The van der Waals surface area contributed by atoms with Crippen LogP contribution in [0.2, 0.25) is 0 Å². The van der Waals surface area contributed by atoms with Crippen molar-refractivity contribution in [1.82, 2.24) is 9.55 Å². The number of imidazole rings is 1. The van der Waals surface area contributed by atoms with Crippen LogP contribution in [-0.2, 0) is 0 Å². The minimum Gasteiger partial charge on any atom is -0.383 e. The molecule has 0 atom stereocenters. The highest BCUT2D eigenvalue weighted by Crippen LogP contribution is 2.39. The fourth-order valence-corrected chi connectivity index (χ4v) is 2.26. The Hall–Kier alpha value is -1.36. The van der Waals surface area contributed by atoms with Gasteiger partial charge in [0.25, 0.3) is 0 Å². The average Bonchev–Trinajstić information content (AvgIpc) is 3.07. The molecule has 88 valence electrons. The van der Waals surface area contributed by atoms with Gasteiger partial charge in [-0.2, -0.15) is 0 Å². The van der Waals surface area contributed by atoms with Crippen molar-refractivity contribution in [3.8, 4) is 11.3 Å². The fraction of sp³-hybridized carbons (Fsp3) is 0.250. The van der Waals surface area contributed by atoms with Crippen LogP contribution in [0, 0.1) is 5.82 Å². The van der Waals surface area contributed by atoms with E-state index in [-0.39, 0.29) is 5.82 Å². The van der Waals surface area contributed by atoms with Crippen LogP contribution < -0.4 is 5.73 Å². The first-order valence-electron chi connectivity index (χ1n) is 5.44. The largest absolute Gasteiger partial charge is 0.383 e. The summed E-state index contributed by atoms with van der Waals surface area (Å²) in [4.78, 5) is 4.31. The van der Waals surface area contributed by atoms with Crippen LogP contribution in [0.3, 0.4) is 0 Å². The van der Waals surface area contributed by atoms with E-state index < -0.39 is 0 Å². The summed E-state index contributed by atoms with van der Waals surface area (Å²) in [5, 5.41) is 0. The van der Waals surface area contributed by atoms with Gasteiger partial charge in [0.2, 0.25) is 0 Å². The zero-order chi connectivity index (χ0) is 12.0. The summed E-state index contributed by atoms with van der Waals surface area (Å²) in [6.45, 7) is 0. The van der Waals surface area contributed by atoms with Crippen molar-refractivity contribution in [1.29, 1.82) is 0 Å². The molecule has 0 radical (unpaired) electrons. The number of nitrogen functional groups attached to an aromatic ring is 1. The summed E-state index contributed by atoms with van der Waals surface area (Å²) in [6.07, 6.45) is 4.08. The zero-order valence-corrected chi connectivity index (χ0v) is 10.6. The van der Waals surface area contributed by atoms with Crippen LogP contribution in [0.15, 0.2) is 29.0 Å². The molecule has 2 N–H and O–H groups in total. The maximum absolute atomic E-state index is 13.2. The molecule has 0 amide bonds. The summed E-state index contributed by atoms with van der Waals surface area (Å²) in [6, 6.07) is 5.30. The van der Waals surface area contributed by atoms with E-state index in [9.17, 15) is 4.39 Å². The molecule has 0 aliphatic heterocycles. The summed E-state index contributed by atoms with van der Waals surface area (Å²) in [7, 11) is 0. The Labute approximate surface area is 107 Å². The first-order valence-corrected chi connectivity index (χ1v) is 6.24. The minimum absolute atomic E-state index is 0.283. The van der Waals surface area contributed by atoms with Crippen LogP contribution in [0.5, 0.6) is 0 Å². The molecule has 1 aliphatic rings. The molecule has 1 aromatic heterocycles. The molecule has 3 rings (SSSR count). The first-order chi connectivity index (χ1) is 8.16. The monoisotopic (exact) mass is 295 g/mol. The Kier molecular flexibility index (Phi) is 2.43. The predicted molar refractivity (Wildman–Crippen MR) is 68.0 cm³/mol. The van der Waals surface area contributed by atoms with Gasteiger partial charge in [-0.25, -0.2) is 9.37 Å². The summed E-state index contributed by atoms with van der Waals surface area (Å²) in [5.74, 6) is 0.375. The lowest BCUT2D eigenvalue weighted by Crippen LogP contribution is -1.99. The average molecular weight is 296 g/mol. The molecule has 17 heavy (non-hydrogen) atoms. The van der Waals surface area contributed by atoms with Gasteiger partial charge in [0, 0.05) is 11.6 Å². The topological polar surface area (TPSA) is 43.8 Å². The Morgan fingerprint density at radius 1 is 1.41 bits per heavy atom. The van der Waals surface area contributed by atoms with Gasteiger partial charge >= 0.3 is 0 Å². The molecule has 1 aromatic carbocycles. The normalized spacial score (nSPS) is 15.2. The van der Waals surface area contributed by atoms with Crippen molar-refractivity contribution in [3.63, 3.8) is 0 Å². The second-order valence-corrected chi connectivity index (χ2v) is 5.10. The quantitative estimate of drug-likeness (QED) is 0.923. The van der Waals surface area contributed by atoms with E-state index in [1.165, 1.54) is 6.07 Å². The summed E-state index contributed by atoms with van der Waals surface area (Å²) in [5.41, 5.74) is 7.60. The van der Waals surface area contributed by atoms with Gasteiger partial charge in [-0.3, -0.25) is 0 Å². The Morgan fingerprint density at radius 3 is 2.82 bits per heavy atom. The molecule has 2 aromatic rings. The lowest BCUT2D eigenvalue weighted by molar-refractivity contribution is 0.621. The Balaban J connectivity index is 2.05. The van der Waals surface area contributed by atoms with Crippen molar-refractivity contribution in [2.75, 3.05) is 5.73 Å². The van der Waals surface area contributed by atoms with Gasteiger partial charge in [0.1, 0.15) is 17.3 Å². The number of anilines is 1. The molecule has 0 saturated heterocycles. The standard InChI is InChI=1S/C12H11BrFN3/c13-9-5-7(1-4-10(9)14)11-12(15)17(6-16-11)8-2-3-8/h1,4-6,8H,2-3,15H2. The Morgan fingerprint density at radius 2 is 2.18 bits per heavy atom. The van der Waals surface area contributed by atoms with E-state index in [1.54, 1.807) is 18.5 Å². The number of hydrogen-bond acceptors (Lipinski definition) is 2. The third kappa shape index (κ3) is 1.84. The molecule has 1 fully saturated rings. The van der Waals surface area contributed by atoms with E-state index in [4.69, 9.17) is 5.73 Å². The number of nitrogens with zero attached hydrogens (tertiary/aromatic N) is 2. The van der Waals surface area contributed by atoms with Gasteiger partial charge in [0.15, 0.2) is 0 Å². The molecule has 0 spiro atoms. The van der Waals surface area contributed by atoms with Crippen molar-refractivity contribution in [3.05, 3.63) is 34.8 Å². The number of nitrogens with two attached hydrogens (primary N) is 1. The fourth-order valence-electron chi connectivity index (χ4n) is 1.88. The maximum Gasteiger partial charge on any atom is 0.137 e. The van der Waals surface area contributed by atoms with Crippen LogP contribution in [0.4, 0.5) is 10.2 Å². The summed E-state index contributed by atoms with van der Waals surface area (Å²) >= 11 is 3.17. The van der Waals surface area contributed by atoms with E-state index in [2.05, 4.69) is 20.9 Å². The maximum atomic E-state index is 13.2. The molecule has 0 bridgehead atoms. The SMILES string of the molecule is Nc1c(-c2ccc(F)c(Br)c2)ncn1C1CC1. The molecule has 1 heterocycles. The van der Waals surface area contributed by atoms with Crippen molar-refractivity contribution in [2.45, 2.75) is 18.9 Å². The molecule has 1 aliphatic carbocycles. The molecular formula is C12H11BrFN3. The second-order valence-electron chi connectivity index (χ2n) is 4.25. The Bertz CT molecular complexity index is 575. The smallest absolute Gasteiger partial charge is 0.137 e. The van der Waals surface area contributed by atoms with Gasteiger partial charge in [-0.1, -0.05) is 0 Å². The van der Waals surface area contributed by atoms with Crippen molar-refractivity contribution in [2.24, 2.45) is 0 Å². The molecule has 0 unspecified atom stereocenters. The van der Waals surface area contributed by atoms with Crippen LogP contribution in [0.1, 0.15) is 18.9 Å². The van der Waals surface area contributed by atoms with Gasteiger partial charge in [0.05, 0.1) is 10.8 Å². The van der Waals surface area contributed by atoms with Crippen molar-refractivity contribution < 1.29 is 4.39 Å². The molecular weight excluding hydrogens is 285 g/mol. The number of halogens is 2. The number of rotatable bonds is 2. The highest BCUT2D eigenvalue weighted by atomic mass is 79.9. The van der Waals surface area contributed by atoms with Gasteiger partial charge in [-0.15, -0.1) is 0 Å². The van der Waals surface area contributed by atoms with Gasteiger partial charge in [-0.05, 0) is 47.0 Å². The van der Waals surface area contributed by atoms with Gasteiger partial charge < -0.3 is 10.3 Å². The van der Waals surface area contributed by atoms with E-state index >= 15 is 0 Å². The third-order valence-corrected chi connectivity index (χ3v) is 3.57. The van der Waals surface area contributed by atoms with Crippen LogP contribution in [-0.4, -0.2) is 9.55 Å². The predicted octanol–water partition coefficient (Wildman–Crippen LogP) is 3.37. The first kappa shape index (κ1) is 10.8. The highest BCUT2D eigenvalue weighted by Gasteiger charge is 2.26. The molecule has 1 saturated carbocycles. The number of aromatic nitrogens is 2. The molecule has 5 heteroatoms. The summed E-state index contributed by atoms with van der Waals surface area (Å²) < 4.78 is 15.6. The lowest BCUT2D eigenvalue weighted by Gasteiger charge is -2.04. The second kappa shape index (κ2) is 3.84. The number of benzene rings is 1. The van der Waals surface area contributed by atoms with E-state index in [0.29, 0.717) is 16.3 Å². The zero-order valence-electron chi connectivity index (χ0n) is 9.03. The van der Waals surface area contributed by atoms with E-state index in [0.717, 1.165) is 24.1 Å². The molecule has 3 nitrogen and oxygen atoms in total. The number of hydrogen-bond donors (Lipinski definition) is 1. The van der Waals surface area contributed by atoms with Crippen LogP contribution in [0.25, 0.3) is 11.3 Å². The third-order valence-electron chi connectivity index (χ3n) is 2.97. The van der Waals surface area contributed by atoms with Crippen molar-refractivity contribution >= 4 is 21.7 Å². The highest BCUT2D eigenvalue weighted by molar-refractivity contribution is 9.10.